The Balaban J connectivity index is 2.27. The van der Waals surface area contributed by atoms with Gasteiger partial charge < -0.3 is 4.74 Å². The fraction of sp³-hybridized carbons (Fsp3) is 0.200. The van der Waals surface area contributed by atoms with Gasteiger partial charge in [0.05, 0.1) is 5.57 Å². The number of carbonyl (C=O) groups is 1. The first-order chi connectivity index (χ1) is 10.9. The summed E-state index contributed by atoms with van der Waals surface area (Å²) >= 11 is 0. The monoisotopic (exact) mass is 305 g/mol. The predicted molar refractivity (Wildman–Crippen MR) is 91.0 cm³/mol. The van der Waals surface area contributed by atoms with Crippen molar-refractivity contribution in [2.75, 3.05) is 0 Å². The Kier molecular flexibility index (Phi) is 4.98. The molecule has 0 spiro atoms. The van der Waals surface area contributed by atoms with Gasteiger partial charge in [-0.2, -0.15) is 5.26 Å². The summed E-state index contributed by atoms with van der Waals surface area (Å²) in [5.74, 6) is 1.22. The molecule has 23 heavy (non-hydrogen) atoms. The Bertz CT molecular complexity index is 762. The third-order valence-corrected chi connectivity index (χ3v) is 3.19. The van der Waals surface area contributed by atoms with Crippen LogP contribution in [0.1, 0.15) is 26.3 Å². The molecule has 0 fully saturated rings. The van der Waals surface area contributed by atoms with Crippen molar-refractivity contribution in [3.63, 3.8) is 0 Å². The van der Waals surface area contributed by atoms with Crippen LogP contribution in [0.2, 0.25) is 0 Å². The highest BCUT2D eigenvalue weighted by Gasteiger charge is 2.24. The molecule has 0 aliphatic rings. The SMILES string of the molecule is CC(C)(C)C(=O)/C(C#N)=C/c1cccc(Oc2ccccc2)c1. The standard InChI is InChI=1S/C20H19NO2/c1-20(2,3)19(22)16(14-21)12-15-8-7-11-18(13-15)23-17-9-5-4-6-10-17/h4-13H,1-3H3/b16-12+. The summed E-state index contributed by atoms with van der Waals surface area (Å²) in [5, 5.41) is 9.26. The second-order valence-corrected chi connectivity index (χ2v) is 6.24. The zero-order chi connectivity index (χ0) is 16.9. The maximum Gasteiger partial charge on any atom is 0.178 e. The van der Waals surface area contributed by atoms with Crippen LogP contribution in [0.4, 0.5) is 0 Å². The summed E-state index contributed by atoms with van der Waals surface area (Å²) in [7, 11) is 0. The van der Waals surface area contributed by atoms with Gasteiger partial charge in [0, 0.05) is 5.41 Å². The second-order valence-electron chi connectivity index (χ2n) is 6.24. The van der Waals surface area contributed by atoms with E-state index in [4.69, 9.17) is 4.74 Å². The first kappa shape index (κ1) is 16.5. The predicted octanol–water partition coefficient (Wildman–Crippen LogP) is 5.00. The van der Waals surface area contributed by atoms with Crippen LogP contribution < -0.4 is 4.74 Å². The first-order valence-electron chi connectivity index (χ1n) is 7.40. The van der Waals surface area contributed by atoms with Gasteiger partial charge in [0.15, 0.2) is 5.78 Å². The van der Waals surface area contributed by atoms with Gasteiger partial charge in [0.2, 0.25) is 0 Å². The lowest BCUT2D eigenvalue weighted by molar-refractivity contribution is -0.121. The molecule has 2 aromatic carbocycles. The largest absolute Gasteiger partial charge is 0.457 e. The van der Waals surface area contributed by atoms with E-state index in [2.05, 4.69) is 0 Å². The first-order valence-corrected chi connectivity index (χ1v) is 7.40. The fourth-order valence-corrected chi connectivity index (χ4v) is 2.01. The number of rotatable bonds is 4. The van der Waals surface area contributed by atoms with Gasteiger partial charge in [-0.1, -0.05) is 51.1 Å². The summed E-state index contributed by atoms with van der Waals surface area (Å²) in [6.45, 7) is 5.40. The molecule has 116 valence electrons. The third-order valence-electron chi connectivity index (χ3n) is 3.19. The zero-order valence-corrected chi connectivity index (χ0v) is 13.5. The number of para-hydroxylation sites is 1. The molecule has 0 saturated carbocycles. The summed E-state index contributed by atoms with van der Waals surface area (Å²) in [5.41, 5.74) is 0.321. The number of hydrogen-bond acceptors (Lipinski definition) is 3. The Hall–Kier alpha value is -2.86. The molecule has 0 aliphatic carbocycles. The van der Waals surface area contributed by atoms with Gasteiger partial charge in [-0.25, -0.2) is 0 Å². The van der Waals surface area contributed by atoms with Crippen LogP contribution in [-0.2, 0) is 4.79 Å². The van der Waals surface area contributed by atoms with E-state index in [0.717, 1.165) is 11.3 Å². The van der Waals surface area contributed by atoms with E-state index in [-0.39, 0.29) is 11.4 Å². The summed E-state index contributed by atoms with van der Waals surface area (Å²) in [4.78, 5) is 12.3. The highest BCUT2D eigenvalue weighted by Crippen LogP contribution is 2.25. The van der Waals surface area contributed by atoms with Crippen LogP contribution in [0.25, 0.3) is 6.08 Å². The van der Waals surface area contributed by atoms with Gasteiger partial charge in [-0.15, -0.1) is 0 Å². The Morgan fingerprint density at radius 3 is 2.30 bits per heavy atom. The van der Waals surface area contributed by atoms with E-state index in [9.17, 15) is 10.1 Å². The number of ether oxygens (including phenoxy) is 1. The minimum absolute atomic E-state index is 0.148. The Morgan fingerprint density at radius 1 is 1.04 bits per heavy atom. The summed E-state index contributed by atoms with van der Waals surface area (Å²) in [6, 6.07) is 18.8. The van der Waals surface area contributed by atoms with Crippen molar-refractivity contribution < 1.29 is 9.53 Å². The molecule has 0 aliphatic heterocycles. The number of hydrogen-bond donors (Lipinski definition) is 0. The highest BCUT2D eigenvalue weighted by molar-refractivity contribution is 6.06. The second kappa shape index (κ2) is 6.93. The Morgan fingerprint density at radius 2 is 1.70 bits per heavy atom. The molecular formula is C20H19NO2. The van der Waals surface area contributed by atoms with E-state index in [1.165, 1.54) is 0 Å². The molecule has 0 heterocycles. The molecule has 0 amide bonds. The number of nitriles is 1. The molecular weight excluding hydrogens is 286 g/mol. The topological polar surface area (TPSA) is 50.1 Å². The van der Waals surface area contributed by atoms with Crippen molar-refractivity contribution in [3.8, 4) is 17.6 Å². The molecule has 0 atom stereocenters. The van der Waals surface area contributed by atoms with Gasteiger partial charge in [0.1, 0.15) is 17.6 Å². The van der Waals surface area contributed by atoms with Crippen molar-refractivity contribution in [1.29, 1.82) is 5.26 Å². The maximum absolute atomic E-state index is 12.3. The van der Waals surface area contributed by atoms with E-state index < -0.39 is 5.41 Å². The molecule has 0 saturated heterocycles. The van der Waals surface area contributed by atoms with Crippen LogP contribution in [0.5, 0.6) is 11.5 Å². The molecule has 2 rings (SSSR count). The molecule has 0 aromatic heterocycles. The summed E-state index contributed by atoms with van der Waals surface area (Å²) < 4.78 is 5.76. The lowest BCUT2D eigenvalue weighted by Crippen LogP contribution is -2.21. The van der Waals surface area contributed by atoms with E-state index >= 15 is 0 Å². The van der Waals surface area contributed by atoms with Gasteiger partial charge in [0.25, 0.3) is 0 Å². The normalized spacial score (nSPS) is 11.7. The van der Waals surface area contributed by atoms with Crippen LogP contribution in [0.3, 0.4) is 0 Å². The van der Waals surface area contributed by atoms with Gasteiger partial charge in [-0.3, -0.25) is 4.79 Å². The quantitative estimate of drug-likeness (QED) is 0.590. The number of Topliss-reactive ketones (excluding diaryl/α,β-unsaturated/α-hetero) is 1. The van der Waals surface area contributed by atoms with Gasteiger partial charge >= 0.3 is 0 Å². The minimum atomic E-state index is -0.584. The molecule has 3 nitrogen and oxygen atoms in total. The average Bonchev–Trinajstić information content (AvgIpc) is 2.52. The van der Waals surface area contributed by atoms with Crippen molar-refractivity contribution in [2.45, 2.75) is 20.8 Å². The fourth-order valence-electron chi connectivity index (χ4n) is 2.01. The van der Waals surface area contributed by atoms with E-state index in [1.807, 2.05) is 54.6 Å². The highest BCUT2D eigenvalue weighted by atomic mass is 16.5. The molecule has 0 bridgehead atoms. The maximum atomic E-state index is 12.3. The lowest BCUT2D eigenvalue weighted by Gasteiger charge is -2.15. The zero-order valence-electron chi connectivity index (χ0n) is 13.5. The van der Waals surface area contributed by atoms with Gasteiger partial charge in [-0.05, 0) is 35.9 Å². The van der Waals surface area contributed by atoms with Crippen LogP contribution >= 0.6 is 0 Å². The Labute approximate surface area is 136 Å². The number of carbonyl (C=O) groups excluding carboxylic acids is 1. The molecule has 0 radical (unpaired) electrons. The van der Waals surface area contributed by atoms with Crippen LogP contribution in [-0.4, -0.2) is 5.78 Å². The van der Waals surface area contributed by atoms with Crippen LogP contribution in [0.15, 0.2) is 60.2 Å². The summed E-state index contributed by atoms with van der Waals surface area (Å²) in [6.07, 6.45) is 1.60. The molecule has 3 heteroatoms. The number of nitrogens with zero attached hydrogens (tertiary/aromatic N) is 1. The molecule has 0 unspecified atom stereocenters. The smallest absolute Gasteiger partial charge is 0.178 e. The number of benzene rings is 2. The number of allylic oxidation sites excluding steroid dienone is 1. The minimum Gasteiger partial charge on any atom is -0.457 e. The lowest BCUT2D eigenvalue weighted by atomic mass is 9.86. The van der Waals surface area contributed by atoms with Crippen molar-refractivity contribution in [1.82, 2.24) is 0 Å². The molecule has 2 aromatic rings. The third kappa shape index (κ3) is 4.55. The average molecular weight is 305 g/mol. The molecule has 0 N–H and O–H groups in total. The number of ketones is 1. The van der Waals surface area contributed by atoms with Crippen LogP contribution in [0, 0.1) is 16.7 Å². The van der Waals surface area contributed by atoms with Crippen molar-refractivity contribution in [2.24, 2.45) is 5.41 Å². The van der Waals surface area contributed by atoms with Crippen molar-refractivity contribution in [3.05, 3.63) is 65.7 Å². The van der Waals surface area contributed by atoms with E-state index in [0.29, 0.717) is 5.75 Å². The van der Waals surface area contributed by atoms with E-state index in [1.54, 1.807) is 32.9 Å². The van der Waals surface area contributed by atoms with Crippen molar-refractivity contribution >= 4 is 11.9 Å².